The van der Waals surface area contributed by atoms with Crippen LogP contribution in [0.1, 0.15) is 16.3 Å². The maximum absolute atomic E-state index is 12.4. The Morgan fingerprint density at radius 2 is 1.70 bits per heavy atom. The summed E-state index contributed by atoms with van der Waals surface area (Å²) < 4.78 is 10.6. The number of hydrogen-bond donors (Lipinski definition) is 1. The molecule has 0 aliphatic heterocycles. The predicted octanol–water partition coefficient (Wildman–Crippen LogP) is 5.16. The van der Waals surface area contributed by atoms with E-state index < -0.39 is 0 Å². The van der Waals surface area contributed by atoms with Gasteiger partial charge in [0.05, 0.1) is 37.0 Å². The molecule has 1 amide bonds. The second-order valence-electron chi connectivity index (χ2n) is 7.44. The normalized spacial score (nSPS) is 10.8. The molecular weight excluding hydrogens is 454 g/mol. The van der Waals surface area contributed by atoms with Gasteiger partial charge in [0.15, 0.2) is 11.5 Å². The number of aryl methyl sites for hydroxylation is 1. The fraction of sp³-hybridized carbons (Fsp3) is 0.240. The molecule has 0 saturated carbocycles. The molecule has 8 heteroatoms. The fourth-order valence-electron chi connectivity index (χ4n) is 3.40. The van der Waals surface area contributed by atoms with E-state index in [0.29, 0.717) is 18.0 Å². The number of thiazole rings is 2. The number of aromatic nitrogens is 2. The largest absolute Gasteiger partial charge is 0.493 e. The van der Waals surface area contributed by atoms with Crippen molar-refractivity contribution in [2.75, 3.05) is 20.8 Å². The molecule has 4 rings (SSSR count). The van der Waals surface area contributed by atoms with Crippen molar-refractivity contribution in [1.82, 2.24) is 15.3 Å². The van der Waals surface area contributed by atoms with Gasteiger partial charge in [-0.25, -0.2) is 9.97 Å². The number of ether oxygens (including phenoxy) is 2. The molecule has 33 heavy (non-hydrogen) atoms. The summed E-state index contributed by atoms with van der Waals surface area (Å²) in [4.78, 5) is 21.5. The molecule has 0 aliphatic carbocycles. The van der Waals surface area contributed by atoms with Crippen LogP contribution in [0.25, 0.3) is 21.8 Å². The first kappa shape index (κ1) is 22.9. The lowest BCUT2D eigenvalue weighted by Gasteiger charge is -2.08. The highest BCUT2D eigenvalue weighted by Crippen LogP contribution is 2.33. The Morgan fingerprint density at radius 3 is 2.39 bits per heavy atom. The van der Waals surface area contributed by atoms with Crippen molar-refractivity contribution in [3.05, 3.63) is 69.5 Å². The van der Waals surface area contributed by atoms with Crippen molar-refractivity contribution in [2.45, 2.75) is 19.8 Å². The molecule has 4 aromatic rings. The quantitative estimate of drug-likeness (QED) is 0.359. The van der Waals surface area contributed by atoms with E-state index in [0.717, 1.165) is 39.0 Å². The number of methoxy groups -OCH3 is 2. The van der Waals surface area contributed by atoms with Gasteiger partial charge in [-0.2, -0.15) is 0 Å². The van der Waals surface area contributed by atoms with Crippen LogP contribution in [-0.4, -0.2) is 36.6 Å². The van der Waals surface area contributed by atoms with Gasteiger partial charge in [-0.3, -0.25) is 4.79 Å². The van der Waals surface area contributed by atoms with Gasteiger partial charge < -0.3 is 14.8 Å². The molecule has 170 valence electrons. The Labute approximate surface area is 201 Å². The summed E-state index contributed by atoms with van der Waals surface area (Å²) in [6.45, 7) is 2.59. The summed E-state index contributed by atoms with van der Waals surface area (Å²) in [5.74, 6) is 1.29. The van der Waals surface area contributed by atoms with Gasteiger partial charge >= 0.3 is 0 Å². The van der Waals surface area contributed by atoms with E-state index in [1.807, 2.05) is 30.5 Å². The van der Waals surface area contributed by atoms with E-state index in [1.54, 1.807) is 25.6 Å². The molecule has 0 unspecified atom stereocenters. The van der Waals surface area contributed by atoms with E-state index >= 15 is 0 Å². The lowest BCUT2D eigenvalue weighted by Crippen LogP contribution is -2.27. The molecule has 0 radical (unpaired) electrons. The van der Waals surface area contributed by atoms with Crippen LogP contribution in [0, 0.1) is 6.92 Å². The number of benzene rings is 2. The van der Waals surface area contributed by atoms with Gasteiger partial charge in [0, 0.05) is 28.4 Å². The second kappa shape index (κ2) is 10.6. The molecule has 0 aliphatic rings. The first-order valence-corrected chi connectivity index (χ1v) is 12.3. The van der Waals surface area contributed by atoms with Crippen LogP contribution in [0.5, 0.6) is 11.5 Å². The number of carbonyl (C=O) groups is 1. The molecular formula is C25H25N3O3S2. The Bertz CT molecular complexity index is 1230. The average molecular weight is 480 g/mol. The van der Waals surface area contributed by atoms with Crippen molar-refractivity contribution in [3.63, 3.8) is 0 Å². The summed E-state index contributed by atoms with van der Waals surface area (Å²) in [6.07, 6.45) is 1.03. The van der Waals surface area contributed by atoms with Gasteiger partial charge in [0.1, 0.15) is 5.01 Å². The Balaban J connectivity index is 1.28. The lowest BCUT2D eigenvalue weighted by molar-refractivity contribution is -0.120. The smallest absolute Gasteiger partial charge is 0.226 e. The number of nitrogens with one attached hydrogen (secondary N) is 1. The molecule has 0 spiro atoms. The maximum Gasteiger partial charge on any atom is 0.226 e. The summed E-state index contributed by atoms with van der Waals surface area (Å²) in [7, 11) is 3.21. The predicted molar refractivity (Wildman–Crippen MR) is 133 cm³/mol. The molecule has 0 saturated heterocycles. The Morgan fingerprint density at radius 1 is 0.939 bits per heavy atom. The van der Waals surface area contributed by atoms with Crippen LogP contribution in [0.3, 0.4) is 0 Å². The van der Waals surface area contributed by atoms with Crippen LogP contribution < -0.4 is 14.8 Å². The Kier molecular flexibility index (Phi) is 7.36. The highest BCUT2D eigenvalue weighted by atomic mass is 32.1. The SMILES string of the molecule is COc1ccc(-c2nc(CC(=O)NCCc3ccc(-c4csc(C)n4)cc3)cs2)cc1OC. The van der Waals surface area contributed by atoms with Crippen LogP contribution in [0.4, 0.5) is 0 Å². The van der Waals surface area contributed by atoms with Crippen molar-refractivity contribution >= 4 is 28.6 Å². The average Bonchev–Trinajstić information content (AvgIpc) is 3.48. The molecule has 0 bridgehead atoms. The summed E-state index contributed by atoms with van der Waals surface area (Å²) in [5, 5.41) is 8.88. The van der Waals surface area contributed by atoms with Gasteiger partial charge in [-0.05, 0) is 37.1 Å². The molecule has 0 fully saturated rings. The number of carbonyl (C=O) groups excluding carboxylic acids is 1. The van der Waals surface area contributed by atoms with Crippen LogP contribution in [0.15, 0.2) is 53.2 Å². The molecule has 1 N–H and O–H groups in total. The van der Waals surface area contributed by atoms with E-state index in [4.69, 9.17) is 9.47 Å². The Hall–Kier alpha value is -3.23. The van der Waals surface area contributed by atoms with Gasteiger partial charge in [0.25, 0.3) is 0 Å². The minimum Gasteiger partial charge on any atom is -0.493 e. The van der Waals surface area contributed by atoms with E-state index in [2.05, 4.69) is 44.9 Å². The third-order valence-electron chi connectivity index (χ3n) is 5.13. The standard InChI is InChI=1S/C25H25N3O3S2/c1-16-27-21(15-32-16)18-6-4-17(5-7-18)10-11-26-24(29)13-20-14-33-25(28-20)19-8-9-22(30-2)23(12-19)31-3/h4-9,12,14-15H,10-11,13H2,1-3H3,(H,26,29). The van der Waals surface area contributed by atoms with Crippen molar-refractivity contribution in [1.29, 1.82) is 0 Å². The van der Waals surface area contributed by atoms with Crippen molar-refractivity contribution in [3.8, 4) is 33.3 Å². The zero-order valence-corrected chi connectivity index (χ0v) is 20.4. The summed E-state index contributed by atoms with van der Waals surface area (Å²) in [5.41, 5.74) is 4.98. The highest BCUT2D eigenvalue weighted by molar-refractivity contribution is 7.13. The summed E-state index contributed by atoms with van der Waals surface area (Å²) in [6, 6.07) is 14.0. The first-order valence-electron chi connectivity index (χ1n) is 10.5. The van der Waals surface area contributed by atoms with Gasteiger partial charge in [0.2, 0.25) is 5.91 Å². The van der Waals surface area contributed by atoms with Crippen LogP contribution in [-0.2, 0) is 17.6 Å². The molecule has 2 aromatic heterocycles. The minimum atomic E-state index is -0.0336. The van der Waals surface area contributed by atoms with E-state index in [1.165, 1.54) is 16.9 Å². The molecule has 2 heterocycles. The van der Waals surface area contributed by atoms with Gasteiger partial charge in [-0.15, -0.1) is 22.7 Å². The zero-order chi connectivity index (χ0) is 23.2. The topological polar surface area (TPSA) is 73.3 Å². The first-order chi connectivity index (χ1) is 16.1. The highest BCUT2D eigenvalue weighted by Gasteiger charge is 2.12. The number of rotatable bonds is 9. The zero-order valence-electron chi connectivity index (χ0n) is 18.8. The summed E-state index contributed by atoms with van der Waals surface area (Å²) >= 11 is 3.16. The third-order valence-corrected chi connectivity index (χ3v) is 6.84. The fourth-order valence-corrected chi connectivity index (χ4v) is 4.84. The van der Waals surface area contributed by atoms with Crippen molar-refractivity contribution < 1.29 is 14.3 Å². The van der Waals surface area contributed by atoms with Crippen LogP contribution in [0.2, 0.25) is 0 Å². The van der Waals surface area contributed by atoms with E-state index in [-0.39, 0.29) is 12.3 Å². The molecule has 6 nitrogen and oxygen atoms in total. The lowest BCUT2D eigenvalue weighted by atomic mass is 10.1. The monoisotopic (exact) mass is 479 g/mol. The maximum atomic E-state index is 12.4. The van der Waals surface area contributed by atoms with Crippen LogP contribution >= 0.6 is 22.7 Å². The molecule has 0 atom stereocenters. The van der Waals surface area contributed by atoms with E-state index in [9.17, 15) is 4.79 Å². The molecule has 2 aromatic carbocycles. The number of hydrogen-bond acceptors (Lipinski definition) is 7. The number of amides is 1. The number of nitrogens with zero attached hydrogens (tertiary/aromatic N) is 2. The second-order valence-corrected chi connectivity index (χ2v) is 9.36. The van der Waals surface area contributed by atoms with Crippen molar-refractivity contribution in [2.24, 2.45) is 0 Å². The third kappa shape index (κ3) is 5.77. The minimum absolute atomic E-state index is 0.0336. The van der Waals surface area contributed by atoms with Gasteiger partial charge in [-0.1, -0.05) is 24.3 Å².